The average molecular weight is 393 g/mol. The Morgan fingerprint density at radius 3 is 2.41 bits per heavy atom. The fraction of sp³-hybridized carbons (Fsp3) is 0.350. The quantitative estimate of drug-likeness (QED) is 0.706. The molecule has 7 heteroatoms. The van der Waals surface area contributed by atoms with Gasteiger partial charge in [-0.2, -0.15) is 0 Å². The number of likely N-dealkylation sites (N-methyl/N-ethyl adjacent to an activating group) is 1. The normalized spacial score (nSPS) is 10.6. The molecule has 0 aliphatic rings. The molecule has 0 heterocycles. The van der Waals surface area contributed by atoms with Crippen LogP contribution in [-0.2, 0) is 4.79 Å². The molecule has 146 valence electrons. The summed E-state index contributed by atoms with van der Waals surface area (Å²) in [4.78, 5) is 14.2. The average Bonchev–Trinajstić information content (AvgIpc) is 2.63. The van der Waals surface area contributed by atoms with Crippen LogP contribution in [0, 0.1) is 6.92 Å². The van der Waals surface area contributed by atoms with Crippen molar-refractivity contribution in [3.8, 4) is 17.2 Å². The summed E-state index contributed by atoms with van der Waals surface area (Å²) in [6.07, 6.45) is 0. The number of benzene rings is 2. The van der Waals surface area contributed by atoms with E-state index in [4.69, 9.17) is 25.8 Å². The van der Waals surface area contributed by atoms with E-state index in [-0.39, 0.29) is 12.5 Å². The van der Waals surface area contributed by atoms with Crippen molar-refractivity contribution in [1.82, 2.24) is 4.90 Å². The van der Waals surface area contributed by atoms with Crippen molar-refractivity contribution >= 4 is 23.2 Å². The van der Waals surface area contributed by atoms with Gasteiger partial charge in [0, 0.05) is 12.6 Å². The third-order valence-corrected chi connectivity index (χ3v) is 4.22. The van der Waals surface area contributed by atoms with E-state index in [0.29, 0.717) is 35.4 Å². The van der Waals surface area contributed by atoms with Gasteiger partial charge in [0.25, 0.3) is 0 Å². The Labute approximate surface area is 165 Å². The second-order valence-electron chi connectivity index (χ2n) is 6.13. The smallest absolute Gasteiger partial charge is 0.238 e. The number of hydrogen-bond acceptors (Lipinski definition) is 5. The number of nitrogens with zero attached hydrogens (tertiary/aromatic N) is 1. The molecule has 2 aromatic carbocycles. The van der Waals surface area contributed by atoms with Crippen LogP contribution in [0.3, 0.4) is 0 Å². The summed E-state index contributed by atoms with van der Waals surface area (Å²) in [6, 6.07) is 11.1. The largest absolute Gasteiger partial charge is 0.495 e. The van der Waals surface area contributed by atoms with Crippen LogP contribution in [0.4, 0.5) is 5.69 Å². The maximum atomic E-state index is 12.3. The summed E-state index contributed by atoms with van der Waals surface area (Å²) in [5.74, 6) is 1.61. The Bertz CT molecular complexity index is 765. The van der Waals surface area contributed by atoms with Crippen molar-refractivity contribution in [2.24, 2.45) is 0 Å². The van der Waals surface area contributed by atoms with Gasteiger partial charge in [-0.25, -0.2) is 0 Å². The predicted octanol–water partition coefficient (Wildman–Crippen LogP) is 3.61. The molecular formula is C20H25ClN2O4. The summed E-state index contributed by atoms with van der Waals surface area (Å²) in [5.41, 5.74) is 1.68. The molecule has 1 N–H and O–H groups in total. The Balaban J connectivity index is 1.84. The number of carbonyl (C=O) groups is 1. The van der Waals surface area contributed by atoms with E-state index in [1.807, 2.05) is 43.1 Å². The number of rotatable bonds is 9. The molecule has 0 radical (unpaired) electrons. The predicted molar refractivity (Wildman–Crippen MR) is 107 cm³/mol. The maximum absolute atomic E-state index is 12.3. The minimum Gasteiger partial charge on any atom is -0.495 e. The first-order valence-corrected chi connectivity index (χ1v) is 8.90. The number of halogens is 1. The monoisotopic (exact) mass is 392 g/mol. The van der Waals surface area contributed by atoms with Gasteiger partial charge in [-0.1, -0.05) is 29.3 Å². The van der Waals surface area contributed by atoms with Gasteiger partial charge in [0.05, 0.1) is 31.5 Å². The molecule has 0 unspecified atom stereocenters. The number of nitrogens with one attached hydrogen (secondary N) is 1. The zero-order valence-corrected chi connectivity index (χ0v) is 16.8. The van der Waals surface area contributed by atoms with Gasteiger partial charge in [-0.3, -0.25) is 9.69 Å². The fourth-order valence-electron chi connectivity index (χ4n) is 2.43. The number of methoxy groups -OCH3 is 2. The molecule has 6 nitrogen and oxygen atoms in total. The molecule has 2 rings (SSSR count). The lowest BCUT2D eigenvalue weighted by Gasteiger charge is -2.18. The zero-order valence-electron chi connectivity index (χ0n) is 16.0. The summed E-state index contributed by atoms with van der Waals surface area (Å²) in [5, 5.41) is 3.21. The third-order valence-electron chi connectivity index (χ3n) is 3.92. The lowest BCUT2D eigenvalue weighted by Crippen LogP contribution is -2.33. The number of hydrogen-bond donors (Lipinski definition) is 1. The van der Waals surface area contributed by atoms with Crippen LogP contribution >= 0.6 is 11.6 Å². The van der Waals surface area contributed by atoms with Crippen LogP contribution in [-0.4, -0.2) is 51.8 Å². The highest BCUT2D eigenvalue weighted by atomic mass is 35.5. The highest BCUT2D eigenvalue weighted by Crippen LogP contribution is 2.35. The molecule has 0 saturated carbocycles. The highest BCUT2D eigenvalue weighted by Gasteiger charge is 2.14. The molecule has 0 saturated heterocycles. The third kappa shape index (κ3) is 6.34. The van der Waals surface area contributed by atoms with Crippen LogP contribution in [0.25, 0.3) is 0 Å². The van der Waals surface area contributed by atoms with E-state index in [9.17, 15) is 4.79 Å². The van der Waals surface area contributed by atoms with Crippen LogP contribution < -0.4 is 19.5 Å². The van der Waals surface area contributed by atoms with Crippen molar-refractivity contribution < 1.29 is 19.0 Å². The molecule has 27 heavy (non-hydrogen) atoms. The second kappa shape index (κ2) is 10.0. The number of carbonyl (C=O) groups excluding carboxylic acids is 1. The lowest BCUT2D eigenvalue weighted by atomic mass is 10.2. The minimum absolute atomic E-state index is 0.174. The summed E-state index contributed by atoms with van der Waals surface area (Å²) >= 11 is 6.13. The number of anilines is 1. The van der Waals surface area contributed by atoms with Gasteiger partial charge in [-0.05, 0) is 32.2 Å². The number of amides is 1. The number of ether oxygens (including phenoxy) is 3. The topological polar surface area (TPSA) is 60.0 Å². The molecule has 1 amide bonds. The van der Waals surface area contributed by atoms with Gasteiger partial charge < -0.3 is 19.5 Å². The van der Waals surface area contributed by atoms with Gasteiger partial charge >= 0.3 is 0 Å². The number of aryl methyl sites for hydroxylation is 1. The van der Waals surface area contributed by atoms with Gasteiger partial charge in [0.2, 0.25) is 5.91 Å². The molecule has 0 atom stereocenters. The van der Waals surface area contributed by atoms with E-state index >= 15 is 0 Å². The van der Waals surface area contributed by atoms with Crippen molar-refractivity contribution in [2.75, 3.05) is 46.3 Å². The summed E-state index contributed by atoms with van der Waals surface area (Å²) < 4.78 is 16.1. The van der Waals surface area contributed by atoms with E-state index < -0.39 is 0 Å². The van der Waals surface area contributed by atoms with E-state index in [1.165, 1.54) is 19.8 Å². The van der Waals surface area contributed by atoms with Crippen LogP contribution in [0.15, 0.2) is 36.4 Å². The van der Waals surface area contributed by atoms with E-state index in [0.717, 1.165) is 5.75 Å². The summed E-state index contributed by atoms with van der Waals surface area (Å²) in [6.45, 7) is 3.34. The first-order valence-electron chi connectivity index (χ1n) is 8.52. The fourth-order valence-corrected chi connectivity index (χ4v) is 2.67. The first-order chi connectivity index (χ1) is 12.9. The maximum Gasteiger partial charge on any atom is 0.238 e. The molecule has 0 bridgehead atoms. The van der Waals surface area contributed by atoms with Crippen molar-refractivity contribution in [2.45, 2.75) is 6.92 Å². The zero-order chi connectivity index (χ0) is 19.8. The van der Waals surface area contributed by atoms with Gasteiger partial charge in [0.1, 0.15) is 23.9 Å². The Morgan fingerprint density at radius 1 is 1.11 bits per heavy atom. The molecule has 0 fully saturated rings. The molecular weight excluding hydrogens is 368 g/mol. The molecule has 2 aromatic rings. The van der Waals surface area contributed by atoms with Gasteiger partial charge in [-0.15, -0.1) is 0 Å². The van der Waals surface area contributed by atoms with Crippen LogP contribution in [0.2, 0.25) is 5.02 Å². The van der Waals surface area contributed by atoms with E-state index in [1.54, 1.807) is 12.1 Å². The lowest BCUT2D eigenvalue weighted by molar-refractivity contribution is -0.117. The SMILES string of the molecule is COc1cc(OC)c(NC(=O)CN(C)CCOc2ccc(C)cc2)cc1Cl. The minimum atomic E-state index is -0.174. The van der Waals surface area contributed by atoms with Crippen LogP contribution in [0.1, 0.15) is 5.56 Å². The Kier molecular flexibility index (Phi) is 7.76. The molecule has 0 spiro atoms. The molecule has 0 aromatic heterocycles. The summed E-state index contributed by atoms with van der Waals surface area (Å²) in [7, 11) is 4.90. The van der Waals surface area contributed by atoms with Crippen LogP contribution in [0.5, 0.6) is 17.2 Å². The highest BCUT2D eigenvalue weighted by molar-refractivity contribution is 6.32. The Hall–Kier alpha value is -2.44. The molecule has 0 aliphatic heterocycles. The molecule has 0 aliphatic carbocycles. The standard InChI is InChI=1S/C20H25ClN2O4/c1-14-5-7-15(8-6-14)27-10-9-23(2)13-20(24)22-17-11-16(21)18(25-3)12-19(17)26-4/h5-8,11-12H,9-10,13H2,1-4H3,(H,22,24). The Morgan fingerprint density at radius 2 is 1.78 bits per heavy atom. The van der Waals surface area contributed by atoms with E-state index in [2.05, 4.69) is 5.32 Å². The first kappa shape index (κ1) is 20.9. The van der Waals surface area contributed by atoms with Crippen molar-refractivity contribution in [3.05, 3.63) is 47.0 Å². The second-order valence-corrected chi connectivity index (χ2v) is 6.54. The van der Waals surface area contributed by atoms with Crippen molar-refractivity contribution in [1.29, 1.82) is 0 Å². The van der Waals surface area contributed by atoms with Crippen molar-refractivity contribution in [3.63, 3.8) is 0 Å². The van der Waals surface area contributed by atoms with Gasteiger partial charge in [0.15, 0.2) is 0 Å².